The average Bonchev–Trinajstić information content (AvgIpc) is 1.89. The highest BCUT2D eigenvalue weighted by molar-refractivity contribution is 4.83. The Morgan fingerprint density at radius 3 is 2.89 bits per heavy atom. The van der Waals surface area contributed by atoms with E-state index in [2.05, 4.69) is 6.58 Å². The van der Waals surface area contributed by atoms with E-state index >= 15 is 0 Å². The number of ether oxygens (including phenoxy) is 1. The molecule has 0 aromatic carbocycles. The molecule has 0 spiro atoms. The van der Waals surface area contributed by atoms with Crippen molar-refractivity contribution in [1.29, 1.82) is 0 Å². The quantitative estimate of drug-likeness (QED) is 0.341. The van der Waals surface area contributed by atoms with Gasteiger partial charge in [0.2, 0.25) is 0 Å². The minimum Gasteiger partial charge on any atom is -0.499 e. The van der Waals surface area contributed by atoms with E-state index in [1.165, 1.54) is 0 Å². The molecule has 0 aliphatic carbocycles. The smallest absolute Gasteiger partial charge is 0.110 e. The van der Waals surface area contributed by atoms with Crippen molar-refractivity contribution in [2.24, 2.45) is 0 Å². The summed E-state index contributed by atoms with van der Waals surface area (Å²) in [6.07, 6.45) is 5.99. The lowest BCUT2D eigenvalue weighted by atomic mass is 10.4. The van der Waals surface area contributed by atoms with Crippen molar-refractivity contribution >= 4 is 0 Å². The predicted molar refractivity (Wildman–Crippen MR) is 37.0 cm³/mol. The summed E-state index contributed by atoms with van der Waals surface area (Å²) in [5, 5.41) is 8.24. The van der Waals surface area contributed by atoms with Gasteiger partial charge in [0, 0.05) is 0 Å². The van der Waals surface area contributed by atoms with Crippen LogP contribution in [0.15, 0.2) is 25.0 Å². The summed E-state index contributed by atoms with van der Waals surface area (Å²) in [5.41, 5.74) is 0. The molecule has 2 nitrogen and oxygen atoms in total. The fourth-order valence-electron chi connectivity index (χ4n) is 0.341. The molecule has 0 unspecified atom stereocenters. The first kappa shape index (κ1) is 8.24. The predicted octanol–water partition coefficient (Wildman–Crippen LogP) is 1.09. The zero-order valence-corrected chi connectivity index (χ0v) is 5.42. The van der Waals surface area contributed by atoms with Crippen LogP contribution in [0.2, 0.25) is 0 Å². The van der Waals surface area contributed by atoms with E-state index in [-0.39, 0.29) is 6.61 Å². The molecule has 0 radical (unpaired) electrons. The van der Waals surface area contributed by atoms with Crippen molar-refractivity contribution in [3.63, 3.8) is 0 Å². The van der Waals surface area contributed by atoms with Crippen LogP contribution in [0.3, 0.4) is 0 Å². The Balaban J connectivity index is 2.94. The molecule has 0 saturated heterocycles. The summed E-state index contributed by atoms with van der Waals surface area (Å²) in [4.78, 5) is 0. The Labute approximate surface area is 55.5 Å². The third-order valence-corrected chi connectivity index (χ3v) is 0.704. The fraction of sp³-hybridized carbons (Fsp3) is 0.429. The first-order valence-electron chi connectivity index (χ1n) is 2.90. The van der Waals surface area contributed by atoms with Crippen LogP contribution in [0.25, 0.3) is 0 Å². The molecule has 0 bridgehead atoms. The zero-order valence-electron chi connectivity index (χ0n) is 5.42. The minimum atomic E-state index is 0.0679. The van der Waals surface area contributed by atoms with E-state index in [4.69, 9.17) is 9.84 Å². The molecule has 0 fully saturated rings. The minimum absolute atomic E-state index is 0.0679. The van der Waals surface area contributed by atoms with Crippen molar-refractivity contribution in [1.82, 2.24) is 0 Å². The van der Waals surface area contributed by atoms with E-state index in [1.807, 2.05) is 6.08 Å². The molecule has 0 saturated carbocycles. The molecular weight excluding hydrogens is 116 g/mol. The average molecular weight is 128 g/mol. The molecule has 2 heteroatoms. The third kappa shape index (κ3) is 7.24. The topological polar surface area (TPSA) is 29.5 Å². The van der Waals surface area contributed by atoms with E-state index < -0.39 is 0 Å². The molecule has 0 rings (SSSR count). The van der Waals surface area contributed by atoms with Crippen LogP contribution in [-0.4, -0.2) is 18.3 Å². The first-order valence-corrected chi connectivity index (χ1v) is 2.90. The molecule has 0 aromatic rings. The van der Waals surface area contributed by atoms with Gasteiger partial charge in [0.25, 0.3) is 0 Å². The maximum absolute atomic E-state index is 8.24. The highest BCUT2D eigenvalue weighted by atomic mass is 16.5. The van der Waals surface area contributed by atoms with Gasteiger partial charge < -0.3 is 9.84 Å². The molecule has 0 aromatic heterocycles. The molecular formula is C7H12O2. The third-order valence-electron chi connectivity index (χ3n) is 0.704. The summed E-state index contributed by atoms with van der Waals surface area (Å²) < 4.78 is 4.81. The highest BCUT2D eigenvalue weighted by Crippen LogP contribution is 1.83. The van der Waals surface area contributed by atoms with Crippen LogP contribution in [0, 0.1) is 0 Å². The van der Waals surface area contributed by atoms with Gasteiger partial charge in [-0.25, -0.2) is 0 Å². The number of aliphatic hydroxyl groups excluding tert-OH is 1. The zero-order chi connectivity index (χ0) is 6.95. The van der Waals surface area contributed by atoms with Crippen LogP contribution in [0.4, 0.5) is 0 Å². The van der Waals surface area contributed by atoms with Gasteiger partial charge in [0.15, 0.2) is 0 Å². The number of hydrogen-bond donors (Lipinski definition) is 1. The Morgan fingerprint density at radius 1 is 1.56 bits per heavy atom. The van der Waals surface area contributed by atoms with Gasteiger partial charge >= 0.3 is 0 Å². The first-order chi connectivity index (χ1) is 4.41. The van der Waals surface area contributed by atoms with Gasteiger partial charge in [-0.1, -0.05) is 6.08 Å². The summed E-state index contributed by atoms with van der Waals surface area (Å²) in [6, 6.07) is 0. The monoisotopic (exact) mass is 128 g/mol. The number of rotatable bonds is 5. The van der Waals surface area contributed by atoms with E-state index in [9.17, 15) is 0 Å². The molecule has 52 valence electrons. The molecule has 0 heterocycles. The van der Waals surface area contributed by atoms with Gasteiger partial charge in [-0.05, 0) is 12.5 Å². The second-order valence-electron chi connectivity index (χ2n) is 1.49. The van der Waals surface area contributed by atoms with Crippen molar-refractivity contribution in [3.05, 3.63) is 25.0 Å². The van der Waals surface area contributed by atoms with Crippen LogP contribution in [0.1, 0.15) is 6.42 Å². The lowest BCUT2D eigenvalue weighted by Gasteiger charge is -1.92. The maximum atomic E-state index is 8.24. The molecule has 0 atom stereocenters. The van der Waals surface area contributed by atoms with E-state index in [0.29, 0.717) is 6.61 Å². The number of allylic oxidation sites excluding steroid dienone is 2. The number of hydrogen-bond acceptors (Lipinski definition) is 2. The van der Waals surface area contributed by atoms with Gasteiger partial charge in [-0.2, -0.15) is 0 Å². The summed E-state index contributed by atoms with van der Waals surface area (Å²) >= 11 is 0. The second-order valence-corrected chi connectivity index (χ2v) is 1.49. The molecule has 0 amide bonds. The summed E-state index contributed by atoms with van der Waals surface area (Å²) in [7, 11) is 0. The van der Waals surface area contributed by atoms with Crippen LogP contribution in [0.5, 0.6) is 0 Å². The SMILES string of the molecule is C=CCC=COCCO. The largest absolute Gasteiger partial charge is 0.499 e. The highest BCUT2D eigenvalue weighted by Gasteiger charge is 1.73. The van der Waals surface area contributed by atoms with Crippen molar-refractivity contribution < 1.29 is 9.84 Å². The standard InChI is InChI=1S/C7H12O2/c1-2-3-4-6-9-7-5-8/h2,4,6,8H,1,3,5,7H2. The molecule has 9 heavy (non-hydrogen) atoms. The van der Waals surface area contributed by atoms with Gasteiger partial charge in [0.1, 0.15) is 6.61 Å². The normalized spacial score (nSPS) is 9.89. The molecule has 0 aliphatic heterocycles. The lowest BCUT2D eigenvalue weighted by Crippen LogP contribution is -1.91. The Bertz CT molecular complexity index is 86.9. The maximum Gasteiger partial charge on any atom is 0.110 e. The van der Waals surface area contributed by atoms with Crippen molar-refractivity contribution in [2.75, 3.05) is 13.2 Å². The van der Waals surface area contributed by atoms with Crippen LogP contribution >= 0.6 is 0 Å². The summed E-state index contributed by atoms with van der Waals surface area (Å²) in [6.45, 7) is 3.96. The lowest BCUT2D eigenvalue weighted by molar-refractivity contribution is 0.165. The number of aliphatic hydroxyl groups is 1. The van der Waals surface area contributed by atoms with Crippen molar-refractivity contribution in [3.8, 4) is 0 Å². The van der Waals surface area contributed by atoms with Crippen LogP contribution in [-0.2, 0) is 4.74 Å². The van der Waals surface area contributed by atoms with Gasteiger partial charge in [0.05, 0.1) is 12.9 Å². The van der Waals surface area contributed by atoms with Gasteiger partial charge in [-0.3, -0.25) is 0 Å². The van der Waals surface area contributed by atoms with E-state index in [1.54, 1.807) is 12.3 Å². The fourth-order valence-corrected chi connectivity index (χ4v) is 0.341. The summed E-state index contributed by atoms with van der Waals surface area (Å²) in [5.74, 6) is 0. The van der Waals surface area contributed by atoms with Crippen LogP contribution < -0.4 is 0 Å². The molecule has 1 N–H and O–H groups in total. The van der Waals surface area contributed by atoms with Gasteiger partial charge in [-0.15, -0.1) is 6.58 Å². The molecule has 0 aliphatic rings. The Kier molecular flexibility index (Phi) is 6.63. The van der Waals surface area contributed by atoms with E-state index in [0.717, 1.165) is 6.42 Å². The Morgan fingerprint density at radius 2 is 2.33 bits per heavy atom. The Hall–Kier alpha value is -0.760. The second kappa shape index (κ2) is 7.24. The van der Waals surface area contributed by atoms with Crippen molar-refractivity contribution in [2.45, 2.75) is 6.42 Å².